The number of para-hydroxylation sites is 1. The smallest absolute Gasteiger partial charge is 0.266 e. The summed E-state index contributed by atoms with van der Waals surface area (Å²) in [6, 6.07) is 10.5. The van der Waals surface area contributed by atoms with Crippen molar-refractivity contribution in [2.45, 2.75) is 13.8 Å². The number of halogens is 1. The average Bonchev–Trinajstić information content (AvgIpc) is 2.91. The minimum Gasteiger partial charge on any atom is -0.370 e. The van der Waals surface area contributed by atoms with Crippen molar-refractivity contribution in [1.82, 2.24) is 9.55 Å². The van der Waals surface area contributed by atoms with E-state index in [1.165, 1.54) is 4.57 Å². The number of carbonyl (C=O) groups excluding carboxylic acids is 1. The Labute approximate surface area is 149 Å². The number of rotatable bonds is 3. The van der Waals surface area contributed by atoms with Gasteiger partial charge in [-0.3, -0.25) is 14.2 Å². The summed E-state index contributed by atoms with van der Waals surface area (Å²) in [6.45, 7) is 5.43. The molecule has 0 saturated carbocycles. The fourth-order valence-corrected chi connectivity index (χ4v) is 3.71. The van der Waals surface area contributed by atoms with Crippen LogP contribution in [0.5, 0.6) is 0 Å². The lowest BCUT2D eigenvalue weighted by Gasteiger charge is -2.24. The number of anilines is 1. The minimum atomic E-state index is -0.262. The van der Waals surface area contributed by atoms with Crippen LogP contribution in [0, 0.1) is 0 Å². The van der Waals surface area contributed by atoms with E-state index in [9.17, 15) is 9.59 Å². The van der Waals surface area contributed by atoms with Crippen molar-refractivity contribution < 1.29 is 4.79 Å². The van der Waals surface area contributed by atoms with Crippen LogP contribution in [-0.4, -0.2) is 28.4 Å². The first-order valence-electron chi connectivity index (χ1n) is 8.22. The lowest BCUT2D eigenvalue weighted by Crippen LogP contribution is -2.24. The molecule has 5 nitrogen and oxygen atoms in total. The molecule has 1 aliphatic heterocycles. The van der Waals surface area contributed by atoms with Crippen LogP contribution in [-0.2, 0) is 0 Å². The van der Waals surface area contributed by atoms with Crippen molar-refractivity contribution in [1.29, 1.82) is 0 Å². The molecule has 0 spiro atoms. The minimum absolute atomic E-state index is 0.148. The molecule has 2 aromatic carbocycles. The summed E-state index contributed by atoms with van der Waals surface area (Å²) in [4.78, 5) is 32.5. The van der Waals surface area contributed by atoms with Gasteiger partial charge >= 0.3 is 0 Å². The molecule has 0 aliphatic carbocycles. The van der Waals surface area contributed by atoms with E-state index in [2.05, 4.69) is 4.98 Å². The van der Waals surface area contributed by atoms with Crippen molar-refractivity contribution >= 4 is 34.0 Å². The summed E-state index contributed by atoms with van der Waals surface area (Å²) >= 11 is 6.41. The summed E-state index contributed by atoms with van der Waals surface area (Å²) in [6.07, 6.45) is 0. The maximum absolute atomic E-state index is 13.1. The number of ketones is 1. The topological polar surface area (TPSA) is 55.2 Å². The van der Waals surface area contributed by atoms with E-state index in [1.54, 1.807) is 36.4 Å². The van der Waals surface area contributed by atoms with Gasteiger partial charge in [-0.05, 0) is 38.1 Å². The third-order valence-corrected chi connectivity index (χ3v) is 4.94. The summed E-state index contributed by atoms with van der Waals surface area (Å²) < 4.78 is 1.41. The van der Waals surface area contributed by atoms with E-state index in [0.29, 0.717) is 46.0 Å². The molecule has 0 N–H and O–H groups in total. The SMILES string of the molecule is CCN(CC)c1c(Cl)ccc2c1C(=O)c1nc3ccccc3c(=O)n1-2. The summed E-state index contributed by atoms with van der Waals surface area (Å²) in [5, 5.41) is 0.993. The molecule has 1 aliphatic rings. The number of carbonyl (C=O) groups is 1. The van der Waals surface area contributed by atoms with Gasteiger partial charge in [0.1, 0.15) is 0 Å². The molecule has 4 rings (SSSR count). The van der Waals surface area contributed by atoms with Gasteiger partial charge in [0.15, 0.2) is 5.82 Å². The van der Waals surface area contributed by atoms with Crippen LogP contribution in [0.3, 0.4) is 0 Å². The van der Waals surface area contributed by atoms with Crippen molar-refractivity contribution in [3.63, 3.8) is 0 Å². The molecular formula is C19H16ClN3O2. The third kappa shape index (κ3) is 2.12. The van der Waals surface area contributed by atoms with Crippen LogP contribution < -0.4 is 10.5 Å². The molecule has 0 unspecified atom stereocenters. The van der Waals surface area contributed by atoms with Gasteiger partial charge in [-0.2, -0.15) is 0 Å². The molecular weight excluding hydrogens is 338 g/mol. The van der Waals surface area contributed by atoms with Crippen LogP contribution in [0.2, 0.25) is 5.02 Å². The Morgan fingerprint density at radius 1 is 1.08 bits per heavy atom. The molecule has 126 valence electrons. The van der Waals surface area contributed by atoms with Crippen molar-refractivity contribution in [3.8, 4) is 5.69 Å². The molecule has 0 atom stereocenters. The van der Waals surface area contributed by atoms with E-state index in [4.69, 9.17) is 11.6 Å². The second kappa shape index (κ2) is 5.70. The number of nitrogens with zero attached hydrogens (tertiary/aromatic N) is 3. The zero-order valence-corrected chi connectivity index (χ0v) is 14.7. The predicted molar refractivity (Wildman–Crippen MR) is 99.3 cm³/mol. The predicted octanol–water partition coefficient (Wildman–Crippen LogP) is 3.43. The monoisotopic (exact) mass is 353 g/mol. The molecule has 3 aromatic rings. The van der Waals surface area contributed by atoms with Gasteiger partial charge < -0.3 is 4.90 Å². The Morgan fingerprint density at radius 2 is 1.80 bits per heavy atom. The van der Waals surface area contributed by atoms with Crippen molar-refractivity contribution in [2.75, 3.05) is 18.0 Å². The highest BCUT2D eigenvalue weighted by atomic mass is 35.5. The average molecular weight is 354 g/mol. The molecule has 1 aromatic heterocycles. The normalized spacial score (nSPS) is 12.4. The molecule has 0 radical (unpaired) electrons. The highest BCUT2D eigenvalue weighted by Gasteiger charge is 2.34. The van der Waals surface area contributed by atoms with Gasteiger partial charge in [0.25, 0.3) is 5.56 Å². The highest BCUT2D eigenvalue weighted by molar-refractivity contribution is 6.35. The van der Waals surface area contributed by atoms with Crippen molar-refractivity contribution in [3.05, 3.63) is 63.2 Å². The van der Waals surface area contributed by atoms with Gasteiger partial charge in [0, 0.05) is 13.1 Å². The number of fused-ring (bicyclic) bond motifs is 4. The lowest BCUT2D eigenvalue weighted by atomic mass is 10.1. The fraction of sp³-hybridized carbons (Fsp3) is 0.211. The van der Waals surface area contributed by atoms with Crippen LogP contribution in [0.25, 0.3) is 16.6 Å². The van der Waals surface area contributed by atoms with Gasteiger partial charge in [0.2, 0.25) is 5.78 Å². The zero-order chi connectivity index (χ0) is 17.7. The number of aromatic nitrogens is 2. The Balaban J connectivity index is 2.10. The summed E-state index contributed by atoms with van der Waals surface area (Å²) in [5.41, 5.74) is 1.96. The lowest BCUT2D eigenvalue weighted by molar-refractivity contribution is 0.103. The van der Waals surface area contributed by atoms with Crippen LogP contribution in [0.1, 0.15) is 30.0 Å². The Morgan fingerprint density at radius 3 is 2.52 bits per heavy atom. The van der Waals surface area contributed by atoms with E-state index in [1.807, 2.05) is 18.7 Å². The second-order valence-electron chi connectivity index (χ2n) is 5.88. The summed E-state index contributed by atoms with van der Waals surface area (Å²) in [7, 11) is 0. The van der Waals surface area contributed by atoms with Gasteiger partial charge in [-0.15, -0.1) is 0 Å². The van der Waals surface area contributed by atoms with Gasteiger partial charge in [-0.1, -0.05) is 23.7 Å². The largest absolute Gasteiger partial charge is 0.370 e. The zero-order valence-electron chi connectivity index (χ0n) is 13.9. The third-order valence-electron chi connectivity index (χ3n) is 4.63. The van der Waals surface area contributed by atoms with Crippen LogP contribution in [0.15, 0.2) is 41.2 Å². The van der Waals surface area contributed by atoms with E-state index >= 15 is 0 Å². The van der Waals surface area contributed by atoms with Gasteiger partial charge in [0.05, 0.1) is 32.9 Å². The first-order chi connectivity index (χ1) is 12.1. The van der Waals surface area contributed by atoms with E-state index in [0.717, 1.165) is 0 Å². The fourth-order valence-electron chi connectivity index (χ4n) is 3.43. The molecule has 6 heteroatoms. The molecule has 0 saturated heterocycles. The van der Waals surface area contributed by atoms with Crippen LogP contribution >= 0.6 is 11.6 Å². The molecule has 0 amide bonds. The Kier molecular flexibility index (Phi) is 3.62. The van der Waals surface area contributed by atoms with Gasteiger partial charge in [-0.25, -0.2) is 4.98 Å². The standard InChI is InChI=1S/C19H16ClN3O2/c1-3-22(4-2)16-12(20)9-10-14-15(16)17(24)18-21-13-8-6-5-7-11(13)19(25)23(14)18/h5-10H,3-4H2,1-2H3. The van der Waals surface area contributed by atoms with E-state index in [-0.39, 0.29) is 17.2 Å². The second-order valence-corrected chi connectivity index (χ2v) is 6.29. The van der Waals surface area contributed by atoms with Crippen LogP contribution in [0.4, 0.5) is 5.69 Å². The first-order valence-corrected chi connectivity index (χ1v) is 8.60. The number of hydrogen-bond donors (Lipinski definition) is 0. The quantitative estimate of drug-likeness (QED) is 0.566. The maximum Gasteiger partial charge on any atom is 0.266 e. The first kappa shape index (κ1) is 15.8. The summed E-state index contributed by atoms with van der Waals surface area (Å²) in [5.74, 6) is -0.114. The maximum atomic E-state index is 13.1. The number of benzene rings is 2. The number of hydrogen-bond acceptors (Lipinski definition) is 4. The van der Waals surface area contributed by atoms with E-state index < -0.39 is 0 Å². The molecule has 0 bridgehead atoms. The molecule has 0 fully saturated rings. The van der Waals surface area contributed by atoms with Crippen molar-refractivity contribution in [2.24, 2.45) is 0 Å². The highest BCUT2D eigenvalue weighted by Crippen LogP contribution is 2.38. The Hall–Kier alpha value is -2.66. The molecule has 25 heavy (non-hydrogen) atoms. The Bertz CT molecular complexity index is 1080. The molecule has 2 heterocycles.